The Kier molecular flexibility index (Phi) is 17.1. The maximum Gasteiger partial charge on any atom is 0.217 e. The van der Waals surface area contributed by atoms with Crippen LogP contribution in [0.1, 0.15) is 6.92 Å². The highest BCUT2D eigenvalue weighted by molar-refractivity contribution is 5.73. The lowest BCUT2D eigenvalue weighted by atomic mass is 9.94. The Bertz CT molecular complexity index is 1320. The number of carbonyl (C=O) groups is 1. The van der Waals surface area contributed by atoms with Crippen LogP contribution in [0.4, 0.5) is 0 Å². The molecular formula is C32H55NO26. The fourth-order valence-electron chi connectivity index (χ4n) is 7.43. The molecular weight excluding hydrogens is 814 g/mol. The Hall–Kier alpha value is -1.53. The quantitative estimate of drug-likeness (QED) is 0.0770. The van der Waals surface area contributed by atoms with E-state index in [0.29, 0.717) is 0 Å². The molecule has 5 aliphatic rings. The molecule has 5 rings (SSSR count). The molecule has 344 valence electrons. The Balaban J connectivity index is 1.35. The molecule has 5 fully saturated rings. The van der Waals surface area contributed by atoms with Gasteiger partial charge in [-0.3, -0.25) is 4.79 Å². The van der Waals surface area contributed by atoms with Crippen LogP contribution >= 0.6 is 0 Å². The first kappa shape index (κ1) is 48.5. The molecule has 0 spiro atoms. The van der Waals surface area contributed by atoms with E-state index in [-0.39, 0.29) is 0 Å². The van der Waals surface area contributed by atoms with Crippen LogP contribution in [0.3, 0.4) is 0 Å². The number of hydrogen-bond donors (Lipinski definition) is 17. The zero-order valence-corrected chi connectivity index (χ0v) is 31.2. The molecule has 27 heteroatoms. The molecule has 0 aromatic heterocycles. The minimum Gasteiger partial charge on any atom is -0.394 e. The van der Waals surface area contributed by atoms with E-state index < -0.39 is 192 Å². The van der Waals surface area contributed by atoms with E-state index in [1.807, 2.05) is 0 Å². The van der Waals surface area contributed by atoms with Crippen LogP contribution < -0.4 is 5.32 Å². The molecule has 0 radical (unpaired) electrons. The van der Waals surface area contributed by atoms with Gasteiger partial charge in [0.25, 0.3) is 0 Å². The van der Waals surface area contributed by atoms with Crippen molar-refractivity contribution in [2.45, 2.75) is 160 Å². The Morgan fingerprint density at radius 1 is 0.407 bits per heavy atom. The van der Waals surface area contributed by atoms with Gasteiger partial charge >= 0.3 is 0 Å². The van der Waals surface area contributed by atoms with Crippen molar-refractivity contribution in [2.24, 2.45) is 0 Å². The van der Waals surface area contributed by atoms with Crippen molar-refractivity contribution in [1.29, 1.82) is 0 Å². The fraction of sp³-hybridized carbons (Fsp3) is 0.969. The van der Waals surface area contributed by atoms with E-state index >= 15 is 0 Å². The molecule has 0 aromatic carbocycles. The maximum absolute atomic E-state index is 12.4. The molecule has 1 amide bonds. The minimum absolute atomic E-state index is 0.805. The number of rotatable bonds is 14. The number of hydrogen-bond acceptors (Lipinski definition) is 26. The van der Waals surface area contributed by atoms with Crippen LogP contribution in [0.25, 0.3) is 0 Å². The largest absolute Gasteiger partial charge is 0.394 e. The number of aliphatic hydroxyl groups is 16. The number of ether oxygens (including phenoxy) is 9. The summed E-state index contributed by atoms with van der Waals surface area (Å²) in [6.07, 6.45) is -44.4. The molecule has 5 heterocycles. The summed E-state index contributed by atoms with van der Waals surface area (Å²) < 4.78 is 50.1. The Morgan fingerprint density at radius 3 is 1.29 bits per heavy atom. The van der Waals surface area contributed by atoms with Gasteiger partial charge in [0.15, 0.2) is 31.5 Å². The van der Waals surface area contributed by atoms with Gasteiger partial charge in [0.1, 0.15) is 122 Å². The summed E-state index contributed by atoms with van der Waals surface area (Å²) in [6.45, 7) is -3.58. The molecule has 0 unspecified atom stereocenters. The SMILES string of the molecule is CC(=O)N[C@H]1[C@H](O[C@H]2[C@@H](O)[C@@H](CO)O[C@H](O[C@@H]3[C@H](O)[C@@H](O)[C@H](O[C@H]4[C@H](O)[C@@H](O)[C@H](O)O[C@@H]4CO)O[C@@H]3CO)[C@@H]2O)O[C@H](CO)[C@@H](O)[C@@H]1O[C@@H]1O[C@H](CO)[C@H](O)[C@H](O)[C@H]1O. The first-order valence-corrected chi connectivity index (χ1v) is 18.6. The van der Waals surface area contributed by atoms with Crippen LogP contribution in [0, 0.1) is 0 Å². The third-order valence-corrected chi connectivity index (χ3v) is 10.7. The van der Waals surface area contributed by atoms with Crippen molar-refractivity contribution in [1.82, 2.24) is 5.32 Å². The standard InChI is InChI=1S/C32H55NO26/c1-7(39)33-13-26(58-30-21(47)17(43)14(40)8(2-34)53-30)15(41)9(3-35)52-29(13)59-27-16(42)10(4-36)54-32(23(27)49)57-25-12(6-38)55-31(22(48)19(25)45)56-24-11(5-37)51-28(50)20(46)18(24)44/h8-32,34-38,40-50H,2-6H2,1H3,(H,33,39)/t8-,9-,10-,11-,12-,13-,14+,15-,16+,17+,18-,19-,20-,21-,22-,23-,24-,25+,26-,27+,28-,29+,30+,31+,32-/m1/s1. The predicted octanol–water partition coefficient (Wildman–Crippen LogP) is -11.8. The second-order valence-electron chi connectivity index (χ2n) is 14.7. The monoisotopic (exact) mass is 869 g/mol. The topological polar surface area (TPSA) is 436 Å². The van der Waals surface area contributed by atoms with Gasteiger partial charge < -0.3 is 130 Å². The average Bonchev–Trinajstić information content (AvgIpc) is 3.21. The van der Waals surface area contributed by atoms with Crippen molar-refractivity contribution in [2.75, 3.05) is 33.0 Å². The number of amides is 1. The number of aliphatic hydroxyl groups excluding tert-OH is 16. The van der Waals surface area contributed by atoms with E-state index in [2.05, 4.69) is 5.32 Å². The van der Waals surface area contributed by atoms with Crippen LogP contribution in [-0.4, -0.2) is 274 Å². The molecule has 5 aliphatic heterocycles. The summed E-state index contributed by atoms with van der Waals surface area (Å²) in [5.41, 5.74) is 0. The van der Waals surface area contributed by atoms with E-state index in [9.17, 15) is 86.5 Å². The lowest BCUT2D eigenvalue weighted by Gasteiger charge is -2.50. The van der Waals surface area contributed by atoms with Gasteiger partial charge in [-0.1, -0.05) is 0 Å². The van der Waals surface area contributed by atoms with Crippen LogP contribution in [-0.2, 0) is 47.4 Å². The lowest BCUT2D eigenvalue weighted by Crippen LogP contribution is -2.70. The highest BCUT2D eigenvalue weighted by atomic mass is 16.8. The smallest absolute Gasteiger partial charge is 0.217 e. The van der Waals surface area contributed by atoms with Gasteiger partial charge in [0.2, 0.25) is 5.91 Å². The molecule has 25 atom stereocenters. The van der Waals surface area contributed by atoms with Gasteiger partial charge in [-0.05, 0) is 0 Å². The Labute approximate surface area is 333 Å². The van der Waals surface area contributed by atoms with Gasteiger partial charge in [-0.2, -0.15) is 0 Å². The van der Waals surface area contributed by atoms with Crippen molar-refractivity contribution in [3.8, 4) is 0 Å². The molecule has 0 aromatic rings. The second-order valence-corrected chi connectivity index (χ2v) is 14.7. The van der Waals surface area contributed by atoms with Crippen molar-refractivity contribution >= 4 is 5.91 Å². The summed E-state index contributed by atoms with van der Waals surface area (Å²) >= 11 is 0. The predicted molar refractivity (Wildman–Crippen MR) is 178 cm³/mol. The van der Waals surface area contributed by atoms with Crippen molar-refractivity contribution in [3.63, 3.8) is 0 Å². The highest BCUT2D eigenvalue weighted by Gasteiger charge is 2.57. The highest BCUT2D eigenvalue weighted by Crippen LogP contribution is 2.35. The van der Waals surface area contributed by atoms with Crippen molar-refractivity contribution in [3.05, 3.63) is 0 Å². The summed E-state index contributed by atoms with van der Waals surface area (Å²) in [7, 11) is 0. The van der Waals surface area contributed by atoms with Gasteiger partial charge in [-0.15, -0.1) is 0 Å². The zero-order chi connectivity index (χ0) is 43.6. The average molecular weight is 870 g/mol. The lowest BCUT2D eigenvalue weighted by molar-refractivity contribution is -0.388. The van der Waals surface area contributed by atoms with Crippen molar-refractivity contribution < 1.29 is 129 Å². The molecule has 0 bridgehead atoms. The van der Waals surface area contributed by atoms with Crippen LogP contribution in [0.15, 0.2) is 0 Å². The van der Waals surface area contributed by atoms with Crippen LogP contribution in [0.2, 0.25) is 0 Å². The third kappa shape index (κ3) is 10.2. The molecule has 27 nitrogen and oxygen atoms in total. The Morgan fingerprint density at radius 2 is 0.780 bits per heavy atom. The fourth-order valence-corrected chi connectivity index (χ4v) is 7.43. The van der Waals surface area contributed by atoms with E-state index in [0.717, 1.165) is 6.92 Å². The molecule has 0 saturated carbocycles. The van der Waals surface area contributed by atoms with Gasteiger partial charge in [0.05, 0.1) is 33.0 Å². The molecule has 5 saturated heterocycles. The summed E-state index contributed by atoms with van der Waals surface area (Å²) in [5, 5.41) is 169. The van der Waals surface area contributed by atoms with E-state index in [4.69, 9.17) is 42.6 Å². The molecule has 0 aliphatic carbocycles. The molecule has 59 heavy (non-hydrogen) atoms. The van der Waals surface area contributed by atoms with Gasteiger partial charge in [-0.25, -0.2) is 0 Å². The van der Waals surface area contributed by atoms with E-state index in [1.54, 1.807) is 0 Å². The first-order chi connectivity index (χ1) is 27.9. The maximum atomic E-state index is 12.4. The van der Waals surface area contributed by atoms with Crippen LogP contribution in [0.5, 0.6) is 0 Å². The summed E-state index contributed by atoms with van der Waals surface area (Å²) in [5.74, 6) is -0.805. The normalized spacial score (nSPS) is 51.0. The first-order valence-electron chi connectivity index (χ1n) is 18.6. The minimum atomic E-state index is -2.15. The summed E-state index contributed by atoms with van der Waals surface area (Å²) in [6, 6.07) is -1.67. The summed E-state index contributed by atoms with van der Waals surface area (Å²) in [4.78, 5) is 12.4. The second kappa shape index (κ2) is 20.8. The number of carbonyl (C=O) groups excluding carboxylic acids is 1. The zero-order valence-electron chi connectivity index (χ0n) is 31.2. The third-order valence-electron chi connectivity index (χ3n) is 10.7. The molecule has 17 N–H and O–H groups in total. The van der Waals surface area contributed by atoms with Gasteiger partial charge in [0, 0.05) is 6.92 Å². The van der Waals surface area contributed by atoms with E-state index in [1.165, 1.54) is 0 Å². The number of nitrogens with one attached hydrogen (secondary N) is 1.